The molecule has 0 aliphatic carbocycles. The molecule has 0 saturated heterocycles. The van der Waals surface area contributed by atoms with E-state index < -0.39 is 13.0 Å². The van der Waals surface area contributed by atoms with Crippen molar-refractivity contribution in [2.75, 3.05) is 23.8 Å². The number of carbonyl (C=O) groups is 1. The van der Waals surface area contributed by atoms with Crippen LogP contribution in [0.15, 0.2) is 48.8 Å². The number of likely N-dealkylation sites (N-methyl/N-ethyl adjacent to an activating group) is 1. The summed E-state index contributed by atoms with van der Waals surface area (Å²) in [4.78, 5) is 27.9. The van der Waals surface area contributed by atoms with E-state index in [0.29, 0.717) is 40.6 Å². The van der Waals surface area contributed by atoms with E-state index in [2.05, 4.69) is 15.2 Å². The Hall–Kier alpha value is -3.96. The van der Waals surface area contributed by atoms with Crippen LogP contribution in [0.2, 0.25) is 0 Å². The van der Waals surface area contributed by atoms with Crippen LogP contribution in [0.25, 0.3) is 17.0 Å². The second-order valence-corrected chi connectivity index (χ2v) is 7.96. The lowest BCUT2D eigenvalue weighted by molar-refractivity contribution is 0.0994. The summed E-state index contributed by atoms with van der Waals surface area (Å²) in [6.07, 6.45) is 2.33. The van der Waals surface area contributed by atoms with Crippen LogP contribution >= 0.6 is 0 Å². The van der Waals surface area contributed by atoms with E-state index in [0.717, 1.165) is 29.9 Å². The van der Waals surface area contributed by atoms with E-state index in [1.54, 1.807) is 41.1 Å². The lowest BCUT2D eigenvalue weighted by atomic mass is 9.80. The summed E-state index contributed by atoms with van der Waals surface area (Å²) in [5.41, 5.74) is 10.2. The fraction of sp³-hybridized carbons (Fsp3) is 0.182. The summed E-state index contributed by atoms with van der Waals surface area (Å²) in [5.74, 6) is 0.575. The van der Waals surface area contributed by atoms with Crippen LogP contribution in [0.5, 0.6) is 0 Å². The third kappa shape index (κ3) is 3.77. The molecule has 1 aliphatic heterocycles. The number of pyridine rings is 1. The van der Waals surface area contributed by atoms with E-state index >= 15 is 0 Å². The normalized spacial score (nSPS) is 12.8. The minimum absolute atomic E-state index is 0.330. The number of nitrogens with two attached hydrogens (primary N) is 1. The second kappa shape index (κ2) is 8.19. The van der Waals surface area contributed by atoms with Gasteiger partial charge in [0.05, 0.1) is 11.2 Å². The van der Waals surface area contributed by atoms with E-state index in [-0.39, 0.29) is 0 Å². The molecule has 0 atom stereocenters. The summed E-state index contributed by atoms with van der Waals surface area (Å²) < 4.78 is 1.64. The summed E-state index contributed by atoms with van der Waals surface area (Å²) in [7, 11) is 0.471. The largest absolute Gasteiger partial charge is 0.488 e. The zero-order valence-corrected chi connectivity index (χ0v) is 17.9. The van der Waals surface area contributed by atoms with Crippen molar-refractivity contribution in [1.29, 1.82) is 0 Å². The van der Waals surface area contributed by atoms with Gasteiger partial charge in [-0.3, -0.25) is 9.20 Å². The van der Waals surface area contributed by atoms with Gasteiger partial charge in [0.2, 0.25) is 0 Å². The molecule has 0 unspecified atom stereocenters. The first-order chi connectivity index (χ1) is 15.9. The lowest BCUT2D eigenvalue weighted by Gasteiger charge is -2.17. The number of hydrogen-bond donors (Lipinski definition) is 4. The summed E-state index contributed by atoms with van der Waals surface area (Å²) >= 11 is 0. The third-order valence-electron chi connectivity index (χ3n) is 5.77. The number of carbonyl (C=O) groups excluding carboxylic acids is 1. The van der Waals surface area contributed by atoms with Gasteiger partial charge < -0.3 is 26.0 Å². The third-order valence-corrected chi connectivity index (χ3v) is 5.77. The van der Waals surface area contributed by atoms with E-state index in [9.17, 15) is 14.8 Å². The number of amides is 1. The number of hydrogen-bond acceptors (Lipinski definition) is 8. The van der Waals surface area contributed by atoms with E-state index in [1.807, 2.05) is 19.2 Å². The van der Waals surface area contributed by atoms with Gasteiger partial charge in [0.15, 0.2) is 11.6 Å². The van der Waals surface area contributed by atoms with Crippen molar-refractivity contribution in [3.8, 4) is 11.5 Å². The van der Waals surface area contributed by atoms with Crippen LogP contribution in [0.3, 0.4) is 0 Å². The summed E-state index contributed by atoms with van der Waals surface area (Å²) in [6, 6.07) is 12.3. The molecule has 166 valence electrons. The first-order valence-corrected chi connectivity index (χ1v) is 10.5. The van der Waals surface area contributed by atoms with Crippen LogP contribution in [-0.2, 0) is 13.0 Å². The van der Waals surface area contributed by atoms with Gasteiger partial charge in [-0.15, -0.1) is 0 Å². The Morgan fingerprint density at radius 1 is 1.21 bits per heavy atom. The standard InChI is InChI=1S/C22H22BN7O3/c1-29-9-8-15-19(29)22(25-11-13-4-2-5-14(10-13)23(32)33)28-21(27-15)18-16-6-3-7-17(20(24)31)30(16)12-26-18/h2-7,10,12,32-33H,8-9,11H2,1H3,(H2,24,31)(H,25,27,28). The number of imidazole rings is 1. The van der Waals surface area contributed by atoms with Crippen LogP contribution in [0, 0.1) is 0 Å². The Morgan fingerprint density at radius 3 is 2.82 bits per heavy atom. The SMILES string of the molecule is CN1CCc2nc(-c3ncn4c(C(N)=O)cccc34)nc(NCc3cccc(B(O)O)c3)c21. The highest BCUT2D eigenvalue weighted by atomic mass is 16.4. The Bertz CT molecular complexity index is 1370. The number of aromatic nitrogens is 4. The number of nitrogens with zero attached hydrogens (tertiary/aromatic N) is 5. The van der Waals surface area contributed by atoms with Crippen LogP contribution in [0.1, 0.15) is 21.7 Å². The highest BCUT2D eigenvalue weighted by Crippen LogP contribution is 2.35. The van der Waals surface area contributed by atoms with Crippen molar-refractivity contribution in [3.05, 3.63) is 65.7 Å². The molecule has 0 fully saturated rings. The van der Waals surface area contributed by atoms with Gasteiger partial charge in [0.1, 0.15) is 23.4 Å². The summed E-state index contributed by atoms with van der Waals surface area (Å²) in [5, 5.41) is 22.3. The van der Waals surface area contributed by atoms with E-state index in [1.165, 1.54) is 0 Å². The van der Waals surface area contributed by atoms with Gasteiger partial charge in [0.25, 0.3) is 5.91 Å². The van der Waals surface area contributed by atoms with Gasteiger partial charge >= 0.3 is 7.12 Å². The van der Waals surface area contributed by atoms with Gasteiger partial charge in [-0.25, -0.2) is 15.0 Å². The van der Waals surface area contributed by atoms with Crippen molar-refractivity contribution in [2.45, 2.75) is 13.0 Å². The average Bonchev–Trinajstić information content (AvgIpc) is 3.41. The number of anilines is 2. The second-order valence-electron chi connectivity index (χ2n) is 7.96. The highest BCUT2D eigenvalue weighted by molar-refractivity contribution is 6.58. The van der Waals surface area contributed by atoms with Crippen LogP contribution in [-0.4, -0.2) is 56.0 Å². The van der Waals surface area contributed by atoms with Crippen molar-refractivity contribution >= 4 is 35.5 Å². The molecule has 1 aliphatic rings. The maximum atomic E-state index is 11.8. The molecule has 4 heterocycles. The van der Waals surface area contributed by atoms with Crippen molar-refractivity contribution < 1.29 is 14.8 Å². The molecule has 0 saturated carbocycles. The smallest absolute Gasteiger partial charge is 0.423 e. The minimum Gasteiger partial charge on any atom is -0.423 e. The average molecular weight is 443 g/mol. The van der Waals surface area contributed by atoms with E-state index in [4.69, 9.17) is 15.7 Å². The monoisotopic (exact) mass is 443 g/mol. The molecule has 5 rings (SSSR count). The zero-order chi connectivity index (χ0) is 23.1. The molecule has 0 bridgehead atoms. The molecule has 11 heteroatoms. The molecule has 0 spiro atoms. The summed E-state index contributed by atoms with van der Waals surface area (Å²) in [6.45, 7) is 1.26. The van der Waals surface area contributed by atoms with Crippen molar-refractivity contribution in [3.63, 3.8) is 0 Å². The molecule has 4 aromatic rings. The Balaban J connectivity index is 1.55. The molecular weight excluding hydrogens is 421 g/mol. The van der Waals surface area contributed by atoms with Gasteiger partial charge in [-0.2, -0.15) is 0 Å². The quantitative estimate of drug-likeness (QED) is 0.309. The predicted molar refractivity (Wildman–Crippen MR) is 125 cm³/mol. The van der Waals surface area contributed by atoms with Gasteiger partial charge in [-0.05, 0) is 23.2 Å². The molecule has 0 radical (unpaired) electrons. The first-order valence-electron chi connectivity index (χ1n) is 10.5. The number of fused-ring (bicyclic) bond motifs is 2. The maximum absolute atomic E-state index is 11.8. The van der Waals surface area contributed by atoms with Crippen molar-refractivity contribution in [1.82, 2.24) is 19.4 Å². The number of primary amides is 1. The first kappa shape index (κ1) is 20.9. The number of nitrogens with one attached hydrogen (secondary N) is 1. The number of benzene rings is 1. The van der Waals surface area contributed by atoms with Crippen LogP contribution < -0.4 is 21.4 Å². The number of rotatable bonds is 6. The molecular formula is C22H22BN7O3. The van der Waals surface area contributed by atoms with Crippen LogP contribution in [0.4, 0.5) is 11.5 Å². The fourth-order valence-electron chi connectivity index (χ4n) is 4.13. The maximum Gasteiger partial charge on any atom is 0.488 e. The predicted octanol–water partition coefficient (Wildman–Crippen LogP) is 0.174. The molecule has 33 heavy (non-hydrogen) atoms. The minimum atomic E-state index is -1.52. The Labute approximate surface area is 189 Å². The molecule has 1 aromatic carbocycles. The van der Waals surface area contributed by atoms with Gasteiger partial charge in [0, 0.05) is 26.6 Å². The molecule has 10 nitrogen and oxygen atoms in total. The lowest BCUT2D eigenvalue weighted by Crippen LogP contribution is -2.30. The fourth-order valence-corrected chi connectivity index (χ4v) is 4.13. The zero-order valence-electron chi connectivity index (χ0n) is 17.9. The molecule has 3 aromatic heterocycles. The Kier molecular flexibility index (Phi) is 5.19. The van der Waals surface area contributed by atoms with Crippen molar-refractivity contribution in [2.24, 2.45) is 5.73 Å². The molecule has 5 N–H and O–H groups in total. The van der Waals surface area contributed by atoms with Gasteiger partial charge in [-0.1, -0.05) is 30.3 Å². The highest BCUT2D eigenvalue weighted by Gasteiger charge is 2.25. The molecule has 1 amide bonds. The topological polar surface area (TPSA) is 142 Å². The Morgan fingerprint density at radius 2 is 2.03 bits per heavy atom.